The molecule has 7 atom stereocenters. The summed E-state index contributed by atoms with van der Waals surface area (Å²) < 4.78 is 42.1. The van der Waals surface area contributed by atoms with Crippen LogP contribution in [-0.2, 0) is 26.6 Å². The van der Waals surface area contributed by atoms with Crippen LogP contribution in [0.3, 0.4) is 0 Å². The van der Waals surface area contributed by atoms with E-state index in [0.29, 0.717) is 44.9 Å². The number of carbonyl (C=O) groups excluding carboxylic acids is 1. The fourth-order valence-corrected chi connectivity index (χ4v) is 10.1. The molecule has 1 spiro atoms. The van der Waals surface area contributed by atoms with Gasteiger partial charge in [0, 0.05) is 35.7 Å². The Hall–Kier alpha value is -2.59. The number of benzene rings is 2. The number of carbonyl (C=O) groups is 1. The molecule has 2 aromatic rings. The first kappa shape index (κ1) is 31.0. The lowest BCUT2D eigenvalue weighted by atomic mass is 9.68. The van der Waals surface area contributed by atoms with E-state index in [1.54, 1.807) is 18.2 Å². The van der Waals surface area contributed by atoms with Crippen molar-refractivity contribution < 1.29 is 27.8 Å². The quantitative estimate of drug-likeness (QED) is 0.418. The first-order valence-electron chi connectivity index (χ1n) is 16.4. The number of allylic oxidation sites excluding steroid dienone is 1. The van der Waals surface area contributed by atoms with Gasteiger partial charge in [0.2, 0.25) is 10.0 Å². The molecule has 0 unspecified atom stereocenters. The number of sulfonamides is 1. The van der Waals surface area contributed by atoms with E-state index < -0.39 is 27.3 Å². The van der Waals surface area contributed by atoms with Gasteiger partial charge in [0.15, 0.2) is 0 Å². The smallest absolute Gasteiger partial charge is 0.264 e. The third kappa shape index (κ3) is 6.01. The predicted molar refractivity (Wildman–Crippen MR) is 175 cm³/mol. The molecule has 3 heterocycles. The topological polar surface area (TPSA) is 105 Å². The number of fused-ring (bicyclic) bond motifs is 4. The number of aliphatic hydroxyl groups excluding tert-OH is 1. The summed E-state index contributed by atoms with van der Waals surface area (Å²) in [6.07, 6.45) is 9.55. The second-order valence-corrected chi connectivity index (χ2v) is 16.3. The third-order valence-corrected chi connectivity index (χ3v) is 13.2. The molecule has 45 heavy (non-hydrogen) atoms. The number of anilines is 1. The summed E-state index contributed by atoms with van der Waals surface area (Å²) in [7, 11) is -4.02. The van der Waals surface area contributed by atoms with E-state index in [1.807, 2.05) is 25.1 Å². The monoisotopic (exact) mass is 654 g/mol. The van der Waals surface area contributed by atoms with Crippen molar-refractivity contribution in [1.82, 2.24) is 4.72 Å². The van der Waals surface area contributed by atoms with Crippen molar-refractivity contribution in [2.45, 2.75) is 81.2 Å². The molecule has 3 aliphatic heterocycles. The zero-order valence-corrected chi connectivity index (χ0v) is 27.4. The Bertz CT molecular complexity index is 1590. The fraction of sp³-hybridized carbons (Fsp3) is 0.571. The molecule has 8 nitrogen and oxygen atoms in total. The average molecular weight is 655 g/mol. The van der Waals surface area contributed by atoms with E-state index in [9.17, 15) is 18.3 Å². The maximum Gasteiger partial charge on any atom is 0.264 e. The minimum absolute atomic E-state index is 0.111. The molecule has 242 valence electrons. The Balaban J connectivity index is 1.27. The fourth-order valence-electron chi connectivity index (χ4n) is 8.19. The molecule has 5 aliphatic rings. The Morgan fingerprint density at radius 2 is 2.00 bits per heavy atom. The molecule has 2 N–H and O–H groups in total. The summed E-state index contributed by atoms with van der Waals surface area (Å²) in [5.41, 5.74) is 3.30. The highest BCUT2D eigenvalue weighted by Gasteiger charge is 2.44. The molecule has 2 aliphatic carbocycles. The number of aliphatic hydroxyl groups is 1. The molecule has 1 amide bonds. The maximum atomic E-state index is 13.7. The van der Waals surface area contributed by atoms with Crippen molar-refractivity contribution in [3.8, 4) is 5.75 Å². The standard InChI is InChI=1S/C35H43ClN2O6S/c1-22-4-2-6-31(39)28-10-7-25(28)19-38-20-35(14-3-5-23-16-26(36)9-11-29(23)35)21-44-32-12-8-24(17-30(32)38)34(40)37-45(41,42)33(22)18-27-13-15-43-27/h2,6,8-9,11-12,16-17,22,25,27-28,31,33,39H,3-5,7,10,13-15,18-21H2,1H3,(H,37,40)/b6-2-/t22-,25-,27-,28+,31-,33+,35-/m0/s1. The van der Waals surface area contributed by atoms with Gasteiger partial charge < -0.3 is 19.5 Å². The van der Waals surface area contributed by atoms with E-state index in [2.05, 4.69) is 21.8 Å². The number of hydrogen-bond acceptors (Lipinski definition) is 7. The SMILES string of the molecule is C[C@H]1C/C=C\[C@H](O)[C@@H]2CC[C@H]2CN2C[C@@]3(CCCc4cc(Cl)ccc43)COc3ccc(cc32)C(=O)NS(=O)(=O)[C@@H]1C[C@@H]1CCO1. The van der Waals surface area contributed by atoms with Gasteiger partial charge in [-0.3, -0.25) is 4.79 Å². The lowest BCUT2D eigenvalue weighted by Crippen LogP contribution is -2.49. The molecule has 7 rings (SSSR count). The molecule has 2 aromatic carbocycles. The molecule has 0 radical (unpaired) electrons. The summed E-state index contributed by atoms with van der Waals surface area (Å²) >= 11 is 6.41. The normalized spacial score (nSPS) is 35.0. The van der Waals surface area contributed by atoms with Crippen LogP contribution in [0, 0.1) is 17.8 Å². The summed E-state index contributed by atoms with van der Waals surface area (Å²) in [5, 5.41) is 11.2. The van der Waals surface area contributed by atoms with Crippen LogP contribution in [0.25, 0.3) is 0 Å². The number of hydrogen-bond donors (Lipinski definition) is 2. The number of nitrogens with zero attached hydrogens (tertiary/aromatic N) is 1. The molecule has 2 bridgehead atoms. The van der Waals surface area contributed by atoms with Gasteiger partial charge in [-0.05, 0) is 111 Å². The largest absolute Gasteiger partial charge is 0.490 e. The van der Waals surface area contributed by atoms with Gasteiger partial charge in [-0.15, -0.1) is 0 Å². The zero-order valence-electron chi connectivity index (χ0n) is 25.8. The highest BCUT2D eigenvalue weighted by molar-refractivity contribution is 7.90. The predicted octanol–water partition coefficient (Wildman–Crippen LogP) is 5.40. The molecule has 2 fully saturated rings. The summed E-state index contributed by atoms with van der Waals surface area (Å²) in [6, 6.07) is 11.4. The van der Waals surface area contributed by atoms with Gasteiger partial charge in [-0.1, -0.05) is 36.7 Å². The molecular weight excluding hydrogens is 612 g/mol. The number of rotatable bonds is 2. The Morgan fingerprint density at radius 1 is 1.16 bits per heavy atom. The van der Waals surface area contributed by atoms with E-state index in [-0.39, 0.29) is 34.8 Å². The average Bonchev–Trinajstić information content (AvgIpc) is 3.10. The number of halogens is 1. The lowest BCUT2D eigenvalue weighted by Gasteiger charge is -2.45. The highest BCUT2D eigenvalue weighted by atomic mass is 35.5. The van der Waals surface area contributed by atoms with Crippen molar-refractivity contribution in [2.75, 3.05) is 31.2 Å². The number of amides is 1. The summed E-state index contributed by atoms with van der Waals surface area (Å²) in [4.78, 5) is 16.0. The Morgan fingerprint density at radius 3 is 2.76 bits per heavy atom. The van der Waals surface area contributed by atoms with Crippen LogP contribution in [0.5, 0.6) is 5.75 Å². The van der Waals surface area contributed by atoms with Crippen molar-refractivity contribution in [1.29, 1.82) is 0 Å². The first-order valence-corrected chi connectivity index (χ1v) is 18.4. The van der Waals surface area contributed by atoms with Gasteiger partial charge in [0.25, 0.3) is 5.91 Å². The zero-order chi connectivity index (χ0) is 31.3. The molecule has 10 heteroatoms. The van der Waals surface area contributed by atoms with Gasteiger partial charge in [0.05, 0.1) is 29.8 Å². The van der Waals surface area contributed by atoms with E-state index in [0.717, 1.165) is 49.2 Å². The second-order valence-electron chi connectivity index (χ2n) is 14.0. The number of ether oxygens (including phenoxy) is 2. The van der Waals surface area contributed by atoms with E-state index >= 15 is 0 Å². The van der Waals surface area contributed by atoms with Gasteiger partial charge in [-0.2, -0.15) is 0 Å². The Kier molecular flexibility index (Phi) is 8.42. The van der Waals surface area contributed by atoms with Crippen LogP contribution < -0.4 is 14.4 Å². The summed E-state index contributed by atoms with van der Waals surface area (Å²) in [6.45, 7) is 4.41. The third-order valence-electron chi connectivity index (χ3n) is 11.1. The minimum atomic E-state index is -4.02. The second kappa shape index (κ2) is 12.2. The van der Waals surface area contributed by atoms with Crippen LogP contribution in [-0.4, -0.2) is 63.2 Å². The highest BCUT2D eigenvalue weighted by Crippen LogP contribution is 2.47. The van der Waals surface area contributed by atoms with Crippen LogP contribution in [0.2, 0.25) is 5.02 Å². The van der Waals surface area contributed by atoms with Crippen LogP contribution in [0.15, 0.2) is 48.6 Å². The van der Waals surface area contributed by atoms with Crippen molar-refractivity contribution in [3.05, 3.63) is 70.3 Å². The minimum Gasteiger partial charge on any atom is -0.490 e. The van der Waals surface area contributed by atoms with Crippen LogP contribution in [0.4, 0.5) is 5.69 Å². The van der Waals surface area contributed by atoms with Crippen molar-refractivity contribution >= 4 is 33.2 Å². The van der Waals surface area contributed by atoms with Gasteiger partial charge >= 0.3 is 0 Å². The Labute approximate surface area is 271 Å². The van der Waals surface area contributed by atoms with E-state index in [4.69, 9.17) is 21.1 Å². The number of aryl methyl sites for hydroxylation is 1. The first-order chi connectivity index (χ1) is 21.6. The number of nitrogens with one attached hydrogen (secondary N) is 1. The van der Waals surface area contributed by atoms with Gasteiger partial charge in [0.1, 0.15) is 5.75 Å². The molecule has 1 saturated heterocycles. The van der Waals surface area contributed by atoms with Crippen molar-refractivity contribution in [2.24, 2.45) is 17.8 Å². The molecule has 0 aromatic heterocycles. The molecule has 1 saturated carbocycles. The maximum absolute atomic E-state index is 13.7. The van der Waals surface area contributed by atoms with Crippen LogP contribution >= 0.6 is 11.6 Å². The lowest BCUT2D eigenvalue weighted by molar-refractivity contribution is -0.0564. The molecular formula is C35H43ClN2O6S. The van der Waals surface area contributed by atoms with Crippen molar-refractivity contribution in [3.63, 3.8) is 0 Å². The summed E-state index contributed by atoms with van der Waals surface area (Å²) in [5.74, 6) is 0.153. The van der Waals surface area contributed by atoms with Crippen LogP contribution in [0.1, 0.15) is 73.4 Å². The van der Waals surface area contributed by atoms with Gasteiger partial charge in [-0.25, -0.2) is 13.1 Å². The van der Waals surface area contributed by atoms with E-state index in [1.165, 1.54) is 11.1 Å².